The van der Waals surface area contributed by atoms with Gasteiger partial charge in [0, 0.05) is 35.6 Å². The van der Waals surface area contributed by atoms with Crippen molar-refractivity contribution < 1.29 is 9.13 Å². The number of pyridine rings is 1. The van der Waals surface area contributed by atoms with Crippen LogP contribution in [0.3, 0.4) is 0 Å². The third kappa shape index (κ3) is 2.64. The Labute approximate surface area is 137 Å². The zero-order valence-corrected chi connectivity index (χ0v) is 12.8. The molecule has 3 aromatic rings. The smallest absolute Gasteiger partial charge is 0.144 e. The summed E-state index contributed by atoms with van der Waals surface area (Å²) in [5.41, 5.74) is 3.35. The highest BCUT2D eigenvalue weighted by Crippen LogP contribution is 2.35. The summed E-state index contributed by atoms with van der Waals surface area (Å²) in [5, 5.41) is 7.61. The molecular formula is C17H13ClFN3O. The van der Waals surface area contributed by atoms with Gasteiger partial charge in [0.05, 0.1) is 16.2 Å². The van der Waals surface area contributed by atoms with Gasteiger partial charge in [-0.25, -0.2) is 4.39 Å². The molecule has 0 amide bonds. The number of nitrogens with zero attached hydrogens (tertiary/aromatic N) is 1. The first kappa shape index (κ1) is 14.1. The maximum atomic E-state index is 13.3. The Hall–Kier alpha value is -2.53. The predicted octanol–water partition coefficient (Wildman–Crippen LogP) is 4.58. The van der Waals surface area contributed by atoms with Crippen molar-refractivity contribution >= 4 is 39.6 Å². The quantitative estimate of drug-likeness (QED) is 0.722. The van der Waals surface area contributed by atoms with Crippen LogP contribution in [0.25, 0.3) is 10.9 Å². The zero-order chi connectivity index (χ0) is 15.8. The minimum atomic E-state index is -0.438. The van der Waals surface area contributed by atoms with E-state index in [1.54, 1.807) is 18.3 Å². The minimum Gasteiger partial charge on any atom is -0.490 e. The first-order valence-corrected chi connectivity index (χ1v) is 7.60. The van der Waals surface area contributed by atoms with Crippen LogP contribution < -0.4 is 15.4 Å². The van der Waals surface area contributed by atoms with Crippen molar-refractivity contribution in [3.05, 3.63) is 53.4 Å². The summed E-state index contributed by atoms with van der Waals surface area (Å²) in [7, 11) is 0. The summed E-state index contributed by atoms with van der Waals surface area (Å²) < 4.78 is 18.9. The van der Waals surface area contributed by atoms with Crippen LogP contribution in [0.15, 0.2) is 42.6 Å². The fourth-order valence-corrected chi connectivity index (χ4v) is 2.80. The minimum absolute atomic E-state index is 0.0841. The average Bonchev–Trinajstić information content (AvgIpc) is 2.57. The second kappa shape index (κ2) is 5.59. The third-order valence-corrected chi connectivity index (χ3v) is 4.01. The van der Waals surface area contributed by atoms with Crippen molar-refractivity contribution in [3.8, 4) is 5.75 Å². The molecule has 6 heteroatoms. The molecule has 0 spiro atoms. The Morgan fingerprint density at radius 2 is 2.13 bits per heavy atom. The van der Waals surface area contributed by atoms with Gasteiger partial charge >= 0.3 is 0 Å². The van der Waals surface area contributed by atoms with Gasteiger partial charge in [0.25, 0.3) is 0 Å². The van der Waals surface area contributed by atoms with Crippen LogP contribution in [0.1, 0.15) is 0 Å². The number of fused-ring (bicyclic) bond motifs is 2. The molecule has 0 saturated heterocycles. The second-order valence-corrected chi connectivity index (χ2v) is 5.66. The summed E-state index contributed by atoms with van der Waals surface area (Å²) in [6.45, 7) is 1.42. The molecule has 0 fully saturated rings. The summed E-state index contributed by atoms with van der Waals surface area (Å²) in [4.78, 5) is 4.39. The highest BCUT2D eigenvalue weighted by atomic mass is 35.5. The Balaban J connectivity index is 1.78. The van der Waals surface area contributed by atoms with Crippen LogP contribution >= 0.6 is 11.6 Å². The predicted molar refractivity (Wildman–Crippen MR) is 90.4 cm³/mol. The first-order chi connectivity index (χ1) is 11.2. The lowest BCUT2D eigenvalue weighted by Crippen LogP contribution is -2.17. The number of nitrogens with one attached hydrogen (secondary N) is 2. The number of rotatable bonds is 2. The number of benzene rings is 2. The highest BCUT2D eigenvalue weighted by molar-refractivity contribution is 6.31. The van der Waals surface area contributed by atoms with E-state index in [1.165, 1.54) is 6.07 Å². The Morgan fingerprint density at radius 1 is 1.22 bits per heavy atom. The first-order valence-electron chi connectivity index (χ1n) is 7.22. The summed E-state index contributed by atoms with van der Waals surface area (Å²) in [6.07, 6.45) is 1.72. The van der Waals surface area contributed by atoms with E-state index < -0.39 is 5.82 Å². The van der Waals surface area contributed by atoms with Crippen LogP contribution in [0, 0.1) is 5.82 Å². The molecule has 116 valence electrons. The van der Waals surface area contributed by atoms with Crippen LogP contribution in [0.4, 0.5) is 21.5 Å². The van der Waals surface area contributed by atoms with Crippen molar-refractivity contribution in [2.75, 3.05) is 23.8 Å². The second-order valence-electron chi connectivity index (χ2n) is 5.25. The van der Waals surface area contributed by atoms with E-state index in [2.05, 4.69) is 15.6 Å². The van der Waals surface area contributed by atoms with E-state index in [0.717, 1.165) is 34.6 Å². The molecule has 2 N–H and O–H groups in total. The zero-order valence-electron chi connectivity index (χ0n) is 12.1. The molecule has 2 aromatic carbocycles. The molecule has 4 rings (SSSR count). The van der Waals surface area contributed by atoms with E-state index in [4.69, 9.17) is 16.3 Å². The van der Waals surface area contributed by atoms with Crippen LogP contribution in [0.5, 0.6) is 5.75 Å². The van der Waals surface area contributed by atoms with Gasteiger partial charge in [-0.15, -0.1) is 0 Å². The van der Waals surface area contributed by atoms with Gasteiger partial charge in [-0.1, -0.05) is 11.6 Å². The van der Waals surface area contributed by atoms with Gasteiger partial charge in [0.1, 0.15) is 18.2 Å². The van der Waals surface area contributed by atoms with Crippen molar-refractivity contribution in [2.45, 2.75) is 0 Å². The summed E-state index contributed by atoms with van der Waals surface area (Å²) in [5.74, 6) is 0.366. The summed E-state index contributed by atoms with van der Waals surface area (Å²) >= 11 is 5.84. The van der Waals surface area contributed by atoms with Gasteiger partial charge in [0.2, 0.25) is 0 Å². The Kier molecular flexibility index (Phi) is 3.42. The molecule has 1 aromatic heterocycles. The molecule has 0 aliphatic carbocycles. The van der Waals surface area contributed by atoms with E-state index >= 15 is 0 Å². The number of halogens is 2. The van der Waals surface area contributed by atoms with Crippen LogP contribution in [-0.2, 0) is 0 Å². The largest absolute Gasteiger partial charge is 0.490 e. The maximum absolute atomic E-state index is 13.3. The average molecular weight is 330 g/mol. The number of anilines is 3. The lowest BCUT2D eigenvalue weighted by Gasteiger charge is -2.20. The van der Waals surface area contributed by atoms with Crippen LogP contribution in [0.2, 0.25) is 5.02 Å². The third-order valence-electron chi connectivity index (χ3n) is 3.72. The van der Waals surface area contributed by atoms with E-state index in [-0.39, 0.29) is 5.02 Å². The molecule has 1 aliphatic rings. The lowest BCUT2D eigenvalue weighted by atomic mass is 10.1. The monoisotopic (exact) mass is 329 g/mol. The van der Waals surface area contributed by atoms with Gasteiger partial charge in [-0.2, -0.15) is 0 Å². The highest BCUT2D eigenvalue weighted by Gasteiger charge is 2.13. The number of hydrogen-bond acceptors (Lipinski definition) is 4. The molecule has 0 saturated carbocycles. The number of aromatic nitrogens is 1. The van der Waals surface area contributed by atoms with Gasteiger partial charge < -0.3 is 15.4 Å². The van der Waals surface area contributed by atoms with E-state index in [1.807, 2.05) is 18.2 Å². The van der Waals surface area contributed by atoms with Crippen molar-refractivity contribution in [1.82, 2.24) is 4.98 Å². The fraction of sp³-hybridized carbons (Fsp3) is 0.118. The topological polar surface area (TPSA) is 46.2 Å². The van der Waals surface area contributed by atoms with Crippen LogP contribution in [-0.4, -0.2) is 18.1 Å². The molecule has 2 heterocycles. The van der Waals surface area contributed by atoms with Gasteiger partial charge in [0.15, 0.2) is 0 Å². The van der Waals surface area contributed by atoms with Gasteiger partial charge in [-0.3, -0.25) is 4.98 Å². The van der Waals surface area contributed by atoms with Crippen molar-refractivity contribution in [2.24, 2.45) is 0 Å². The number of ether oxygens (including phenoxy) is 1. The Bertz CT molecular complexity index is 900. The standard InChI is InChI=1S/C17H13ClFN3O/c18-12-7-10(1-2-13(12)19)22-14-3-4-20-15-9-17-16(8-11(14)15)21-5-6-23-17/h1-4,7-9,21H,5-6H2,(H,20,22). The molecule has 0 unspecified atom stereocenters. The molecular weight excluding hydrogens is 317 g/mol. The molecule has 0 bridgehead atoms. The Morgan fingerprint density at radius 3 is 3.00 bits per heavy atom. The molecule has 0 radical (unpaired) electrons. The summed E-state index contributed by atoms with van der Waals surface area (Å²) in [6, 6.07) is 10.3. The lowest BCUT2D eigenvalue weighted by molar-refractivity contribution is 0.324. The van der Waals surface area contributed by atoms with Crippen molar-refractivity contribution in [1.29, 1.82) is 0 Å². The molecule has 4 nitrogen and oxygen atoms in total. The number of hydrogen-bond donors (Lipinski definition) is 2. The van der Waals surface area contributed by atoms with Crippen molar-refractivity contribution in [3.63, 3.8) is 0 Å². The van der Waals surface area contributed by atoms with E-state index in [9.17, 15) is 4.39 Å². The van der Waals surface area contributed by atoms with Gasteiger partial charge in [-0.05, 0) is 30.3 Å². The normalized spacial score (nSPS) is 13.1. The molecule has 1 aliphatic heterocycles. The fourth-order valence-electron chi connectivity index (χ4n) is 2.62. The molecule has 0 atom stereocenters. The maximum Gasteiger partial charge on any atom is 0.144 e. The SMILES string of the molecule is Fc1ccc(Nc2ccnc3cc4c(cc23)NCCO4)cc1Cl. The van der Waals surface area contributed by atoms with E-state index in [0.29, 0.717) is 12.3 Å². The molecule has 23 heavy (non-hydrogen) atoms.